The molecule has 0 spiro atoms. The summed E-state index contributed by atoms with van der Waals surface area (Å²) in [5, 5.41) is 6.14. The predicted octanol–water partition coefficient (Wildman–Crippen LogP) is 4.87. The van der Waals surface area contributed by atoms with E-state index in [1.807, 2.05) is 17.7 Å². The zero-order valence-corrected chi connectivity index (χ0v) is 35.0. The first-order valence-electron chi connectivity index (χ1n) is 19.8. The number of pyridine rings is 1. The molecule has 3 N–H and O–H groups in total. The van der Waals surface area contributed by atoms with Crippen molar-refractivity contribution in [2.24, 2.45) is 17.8 Å². The number of carbonyl (C=O) groups excluding carboxylic acids is 4. The van der Waals surface area contributed by atoms with Gasteiger partial charge in [-0.25, -0.2) is 22.6 Å². The van der Waals surface area contributed by atoms with Crippen LogP contribution in [0.4, 0.5) is 22.4 Å². The third-order valence-corrected chi connectivity index (χ3v) is 14.2. The average Bonchev–Trinajstić information content (AvgIpc) is 4.09. The highest BCUT2D eigenvalue weighted by Gasteiger charge is 2.64. The van der Waals surface area contributed by atoms with Gasteiger partial charge >= 0.3 is 12.3 Å². The summed E-state index contributed by atoms with van der Waals surface area (Å²) < 4.78 is 104. The number of fused-ring (bicyclic) bond motifs is 3. The quantitative estimate of drug-likeness (QED) is 0.218. The van der Waals surface area contributed by atoms with Crippen molar-refractivity contribution in [3.8, 4) is 17.4 Å². The SMILES string of the molecule is COc1ccc2c(O[C@@H]3C[C@H]4C(=O)N[C@]5(C(=O)NS(=O)(=O)C6(CF)CC6)C[C@H]5/C=C\[C@@H](C)CCC[C@@H](C)[C@H](NC(=O)OC(C)(C)C(F)(F)F)C(=O)N4C3)ncc(OC)c2c1. The van der Waals surface area contributed by atoms with Crippen LogP contribution in [0.1, 0.15) is 72.6 Å². The van der Waals surface area contributed by atoms with Crippen molar-refractivity contribution in [3.63, 3.8) is 0 Å². The molecule has 2 aliphatic heterocycles. The molecular formula is C40H51F4N5O10S. The lowest BCUT2D eigenvalue weighted by Gasteiger charge is -2.33. The molecule has 0 radical (unpaired) electrons. The van der Waals surface area contributed by atoms with Gasteiger partial charge in [0, 0.05) is 23.1 Å². The fourth-order valence-electron chi connectivity index (χ4n) is 7.73. The Hall–Kier alpha value is -4.88. The van der Waals surface area contributed by atoms with E-state index in [4.69, 9.17) is 18.9 Å². The van der Waals surface area contributed by atoms with Crippen molar-refractivity contribution < 1.29 is 64.1 Å². The average molecular weight is 870 g/mol. The molecule has 20 heteroatoms. The molecule has 1 saturated heterocycles. The highest BCUT2D eigenvalue weighted by Crippen LogP contribution is 2.48. The lowest BCUT2D eigenvalue weighted by molar-refractivity contribution is -0.244. The first-order valence-corrected chi connectivity index (χ1v) is 21.3. The van der Waals surface area contributed by atoms with Crippen LogP contribution in [0.2, 0.25) is 0 Å². The maximum atomic E-state index is 14.7. The summed E-state index contributed by atoms with van der Waals surface area (Å²) in [6.07, 6.45) is -1.14. The second-order valence-electron chi connectivity index (χ2n) is 16.8. The van der Waals surface area contributed by atoms with Crippen LogP contribution in [-0.4, -0.2) is 110 Å². The van der Waals surface area contributed by atoms with E-state index in [0.29, 0.717) is 55.4 Å². The van der Waals surface area contributed by atoms with Gasteiger partial charge in [0.05, 0.1) is 27.0 Å². The zero-order valence-electron chi connectivity index (χ0n) is 34.2. The van der Waals surface area contributed by atoms with Gasteiger partial charge in [0.15, 0.2) is 0 Å². The number of halogens is 4. The Kier molecular flexibility index (Phi) is 12.3. The number of hydrogen-bond donors (Lipinski definition) is 3. The summed E-state index contributed by atoms with van der Waals surface area (Å²) in [4.78, 5) is 61.9. The molecule has 15 nitrogen and oxygen atoms in total. The number of alkyl halides is 4. The smallest absolute Gasteiger partial charge is 0.427 e. The van der Waals surface area contributed by atoms with Crippen LogP contribution in [0.5, 0.6) is 17.4 Å². The Morgan fingerprint density at radius 1 is 1.05 bits per heavy atom. The monoisotopic (exact) mass is 869 g/mol. The molecule has 4 aliphatic rings. The van der Waals surface area contributed by atoms with Crippen molar-refractivity contribution >= 4 is 44.6 Å². The molecule has 1 aromatic carbocycles. The van der Waals surface area contributed by atoms with Crippen molar-refractivity contribution in [1.82, 2.24) is 25.2 Å². The maximum Gasteiger partial charge on any atom is 0.427 e. The number of alkyl carbamates (subject to hydrolysis) is 1. The Bertz CT molecular complexity index is 2150. The van der Waals surface area contributed by atoms with E-state index >= 15 is 0 Å². The molecule has 2 aromatic rings. The minimum Gasteiger partial charge on any atom is -0.497 e. The number of nitrogens with one attached hydrogen (secondary N) is 3. The minimum absolute atomic E-state index is 0.000199. The molecule has 0 bridgehead atoms. The number of rotatable bonds is 10. The lowest BCUT2D eigenvalue weighted by Crippen LogP contribution is -2.60. The standard InChI is InChI=1S/C40H51F4N5O10S/c1-22-8-7-9-23(2)31(46-36(53)59-37(3,4)40(42,43)44)34(51)49-20-26(58-33-27-13-12-25(56-5)16-28(27)30(57-6)19-45-33)17-29(49)32(50)47-39(18-24(39)11-10-22)35(52)48-60(54,55)38(21-41)14-15-38/h10-13,16,19,22-24,26,29,31H,7-9,14-15,17-18,20-21H2,1-6H3,(H,46,53)(H,47,50)(H,48,52)/b11-10-/t22-,23+,24+,26+,29-,31-,39+/m0/s1. The van der Waals surface area contributed by atoms with Crippen LogP contribution in [0.3, 0.4) is 0 Å². The number of aromatic nitrogens is 1. The van der Waals surface area contributed by atoms with Crippen molar-refractivity contribution in [1.29, 1.82) is 0 Å². The number of benzene rings is 1. The number of nitrogens with zero attached hydrogens (tertiary/aromatic N) is 2. The molecule has 2 saturated carbocycles. The van der Waals surface area contributed by atoms with Gasteiger partial charge in [-0.15, -0.1) is 0 Å². The van der Waals surface area contributed by atoms with Crippen molar-refractivity contribution in [2.75, 3.05) is 27.4 Å². The van der Waals surface area contributed by atoms with Gasteiger partial charge in [-0.3, -0.25) is 19.1 Å². The third kappa shape index (κ3) is 8.79. The van der Waals surface area contributed by atoms with Crippen LogP contribution >= 0.6 is 0 Å². The largest absolute Gasteiger partial charge is 0.497 e. The van der Waals surface area contributed by atoms with E-state index in [1.54, 1.807) is 31.2 Å². The Labute approximate surface area is 345 Å². The summed E-state index contributed by atoms with van der Waals surface area (Å²) in [6.45, 7) is 3.42. The number of hydrogen-bond acceptors (Lipinski definition) is 11. The molecule has 60 heavy (non-hydrogen) atoms. The number of ether oxygens (including phenoxy) is 4. The number of carbonyl (C=O) groups is 4. The second-order valence-corrected chi connectivity index (χ2v) is 18.9. The van der Waals surface area contributed by atoms with Gasteiger partial charge in [-0.2, -0.15) is 13.2 Å². The van der Waals surface area contributed by atoms with Gasteiger partial charge in [0.1, 0.15) is 46.6 Å². The molecule has 0 unspecified atom stereocenters. The molecule has 330 valence electrons. The summed E-state index contributed by atoms with van der Waals surface area (Å²) >= 11 is 0. The van der Waals surface area contributed by atoms with Gasteiger partial charge in [0.25, 0.3) is 5.91 Å². The van der Waals surface area contributed by atoms with Crippen molar-refractivity contribution in [3.05, 3.63) is 36.5 Å². The first-order chi connectivity index (χ1) is 28.1. The fraction of sp³-hybridized carbons (Fsp3) is 0.625. The highest BCUT2D eigenvalue weighted by atomic mass is 32.2. The van der Waals surface area contributed by atoms with Gasteiger partial charge in [0.2, 0.25) is 33.3 Å². The minimum atomic E-state index is -4.94. The first kappa shape index (κ1) is 44.7. The number of methoxy groups -OCH3 is 2. The maximum absolute atomic E-state index is 14.7. The topological polar surface area (TPSA) is 192 Å². The Morgan fingerprint density at radius 2 is 1.77 bits per heavy atom. The molecule has 7 atom stereocenters. The van der Waals surface area contributed by atoms with E-state index in [1.165, 1.54) is 20.4 Å². The number of allylic oxidation sites excluding steroid dienone is 1. The van der Waals surface area contributed by atoms with Gasteiger partial charge in [-0.1, -0.05) is 32.4 Å². The lowest BCUT2D eigenvalue weighted by atomic mass is 9.92. The van der Waals surface area contributed by atoms with E-state index in [-0.39, 0.29) is 44.0 Å². The van der Waals surface area contributed by atoms with E-state index in [2.05, 4.69) is 15.6 Å². The predicted molar refractivity (Wildman–Crippen MR) is 208 cm³/mol. The molecule has 3 heterocycles. The van der Waals surface area contributed by atoms with E-state index < -0.39 is 92.6 Å². The van der Waals surface area contributed by atoms with E-state index in [0.717, 1.165) is 4.90 Å². The Morgan fingerprint density at radius 3 is 2.40 bits per heavy atom. The van der Waals surface area contributed by atoms with Crippen LogP contribution in [0.25, 0.3) is 10.8 Å². The van der Waals surface area contributed by atoms with Gasteiger partial charge in [-0.05, 0) is 76.0 Å². The summed E-state index contributed by atoms with van der Waals surface area (Å²) in [6, 6.07) is 2.19. The van der Waals surface area contributed by atoms with E-state index in [9.17, 15) is 45.2 Å². The van der Waals surface area contributed by atoms with Crippen LogP contribution < -0.4 is 29.6 Å². The summed E-state index contributed by atoms with van der Waals surface area (Å²) in [7, 11) is -1.52. The summed E-state index contributed by atoms with van der Waals surface area (Å²) in [5.41, 5.74) is -4.70. The molecular weight excluding hydrogens is 819 g/mol. The Balaban J connectivity index is 1.36. The van der Waals surface area contributed by atoms with Gasteiger partial charge < -0.3 is 34.5 Å². The molecule has 1 aromatic heterocycles. The summed E-state index contributed by atoms with van der Waals surface area (Å²) in [5.74, 6) is -3.14. The number of sulfonamides is 1. The second kappa shape index (κ2) is 16.5. The number of amides is 4. The molecule has 4 amide bonds. The molecule has 3 fully saturated rings. The van der Waals surface area contributed by atoms with Crippen LogP contribution in [-0.2, 0) is 29.1 Å². The van der Waals surface area contributed by atoms with Crippen LogP contribution in [0, 0.1) is 17.8 Å². The highest BCUT2D eigenvalue weighted by molar-refractivity contribution is 7.91. The normalized spacial score (nSPS) is 28.8. The van der Waals surface area contributed by atoms with Crippen LogP contribution in [0.15, 0.2) is 36.5 Å². The third-order valence-electron chi connectivity index (χ3n) is 12.1. The fourth-order valence-corrected chi connectivity index (χ4v) is 9.15. The molecule has 6 rings (SSSR count). The molecule has 2 aliphatic carbocycles. The van der Waals surface area contributed by atoms with Crippen molar-refractivity contribution in [2.45, 2.75) is 113 Å². The zero-order chi connectivity index (χ0) is 44.0.